The molecule has 2 rings (SSSR count). The summed E-state index contributed by atoms with van der Waals surface area (Å²) < 4.78 is 10.0. The van der Waals surface area contributed by atoms with Gasteiger partial charge in [0.05, 0.1) is 18.8 Å². The van der Waals surface area contributed by atoms with Gasteiger partial charge in [0.1, 0.15) is 0 Å². The SMILES string of the molecule is CCOC(=O)c1nnc(N(C)Cc2ccccn2)o1. The van der Waals surface area contributed by atoms with Crippen LogP contribution in [0.15, 0.2) is 28.8 Å². The number of hydrogen-bond acceptors (Lipinski definition) is 7. The van der Waals surface area contributed by atoms with Gasteiger partial charge in [-0.3, -0.25) is 4.98 Å². The highest BCUT2D eigenvalue weighted by atomic mass is 16.5. The largest absolute Gasteiger partial charge is 0.459 e. The van der Waals surface area contributed by atoms with Crippen molar-refractivity contribution >= 4 is 12.0 Å². The molecule has 0 aliphatic heterocycles. The lowest BCUT2D eigenvalue weighted by Gasteiger charge is -2.12. The van der Waals surface area contributed by atoms with Crippen LogP contribution in [-0.2, 0) is 11.3 Å². The Morgan fingerprint density at radius 3 is 2.95 bits per heavy atom. The van der Waals surface area contributed by atoms with E-state index in [-0.39, 0.29) is 18.5 Å². The molecule has 2 aromatic heterocycles. The maximum Gasteiger partial charge on any atom is 0.396 e. The molecule has 0 aliphatic carbocycles. The van der Waals surface area contributed by atoms with Crippen molar-refractivity contribution in [3.63, 3.8) is 0 Å². The lowest BCUT2D eigenvalue weighted by atomic mass is 10.3. The Morgan fingerprint density at radius 1 is 1.42 bits per heavy atom. The topological polar surface area (TPSA) is 81.4 Å². The predicted molar refractivity (Wildman–Crippen MR) is 66.6 cm³/mol. The van der Waals surface area contributed by atoms with Crippen molar-refractivity contribution in [1.29, 1.82) is 0 Å². The minimum atomic E-state index is -0.618. The van der Waals surface area contributed by atoms with Crippen LogP contribution in [0, 0.1) is 0 Å². The van der Waals surface area contributed by atoms with Crippen molar-refractivity contribution in [2.75, 3.05) is 18.6 Å². The number of nitrogens with zero attached hydrogens (tertiary/aromatic N) is 4. The van der Waals surface area contributed by atoms with Crippen LogP contribution in [0.5, 0.6) is 0 Å². The molecule has 0 unspecified atom stereocenters. The van der Waals surface area contributed by atoms with E-state index in [1.165, 1.54) is 0 Å². The van der Waals surface area contributed by atoms with Crippen molar-refractivity contribution in [3.8, 4) is 0 Å². The molecule has 0 spiro atoms. The number of anilines is 1. The van der Waals surface area contributed by atoms with Crippen LogP contribution < -0.4 is 4.90 Å². The number of carbonyl (C=O) groups is 1. The molecule has 0 saturated carbocycles. The normalized spacial score (nSPS) is 10.2. The monoisotopic (exact) mass is 262 g/mol. The summed E-state index contributed by atoms with van der Waals surface area (Å²) >= 11 is 0. The molecule has 0 bridgehead atoms. The van der Waals surface area contributed by atoms with Crippen LogP contribution in [0.1, 0.15) is 23.3 Å². The summed E-state index contributed by atoms with van der Waals surface area (Å²) in [6.45, 7) is 2.48. The zero-order valence-electron chi connectivity index (χ0n) is 10.7. The number of carbonyl (C=O) groups excluding carboxylic acids is 1. The third kappa shape index (κ3) is 3.27. The molecule has 0 radical (unpaired) electrons. The first-order valence-corrected chi connectivity index (χ1v) is 5.82. The van der Waals surface area contributed by atoms with Gasteiger partial charge in [0, 0.05) is 13.2 Å². The third-order valence-electron chi connectivity index (χ3n) is 2.32. The highest BCUT2D eigenvalue weighted by Crippen LogP contribution is 2.13. The number of rotatable bonds is 5. The molecular formula is C12H14N4O3. The smallest absolute Gasteiger partial charge is 0.396 e. The summed E-state index contributed by atoms with van der Waals surface area (Å²) in [5.41, 5.74) is 0.862. The fourth-order valence-electron chi connectivity index (χ4n) is 1.45. The molecule has 0 fully saturated rings. The Labute approximate surface area is 110 Å². The predicted octanol–water partition coefficient (Wildman–Crippen LogP) is 1.28. The lowest BCUT2D eigenvalue weighted by Crippen LogP contribution is -2.17. The second kappa shape index (κ2) is 5.94. The molecule has 100 valence electrons. The van der Waals surface area contributed by atoms with Crippen molar-refractivity contribution in [2.24, 2.45) is 0 Å². The molecule has 0 aromatic carbocycles. The lowest BCUT2D eigenvalue weighted by molar-refractivity contribution is 0.0481. The third-order valence-corrected chi connectivity index (χ3v) is 2.32. The molecular weight excluding hydrogens is 248 g/mol. The summed E-state index contributed by atoms with van der Waals surface area (Å²) in [5, 5.41) is 7.44. The first kappa shape index (κ1) is 13.0. The van der Waals surface area contributed by atoms with E-state index in [4.69, 9.17) is 9.15 Å². The van der Waals surface area contributed by atoms with E-state index in [1.807, 2.05) is 18.2 Å². The number of esters is 1. The maximum atomic E-state index is 11.4. The van der Waals surface area contributed by atoms with Gasteiger partial charge >= 0.3 is 17.9 Å². The zero-order chi connectivity index (χ0) is 13.7. The fraction of sp³-hybridized carbons (Fsp3) is 0.333. The molecule has 0 N–H and O–H groups in total. The summed E-state index contributed by atoms with van der Waals surface area (Å²) in [6, 6.07) is 5.87. The van der Waals surface area contributed by atoms with E-state index in [1.54, 1.807) is 25.1 Å². The van der Waals surface area contributed by atoms with Crippen molar-refractivity contribution in [1.82, 2.24) is 15.2 Å². The zero-order valence-corrected chi connectivity index (χ0v) is 10.7. The molecule has 2 aromatic rings. The second-order valence-electron chi connectivity index (χ2n) is 3.79. The molecule has 0 atom stereocenters. The van der Waals surface area contributed by atoms with Crippen LogP contribution in [0.25, 0.3) is 0 Å². The first-order valence-electron chi connectivity index (χ1n) is 5.82. The van der Waals surface area contributed by atoms with Crippen LogP contribution in [0.2, 0.25) is 0 Å². The van der Waals surface area contributed by atoms with Crippen molar-refractivity contribution in [3.05, 3.63) is 36.0 Å². The molecule has 0 saturated heterocycles. The van der Waals surface area contributed by atoms with E-state index in [2.05, 4.69) is 15.2 Å². The average molecular weight is 262 g/mol. The van der Waals surface area contributed by atoms with E-state index >= 15 is 0 Å². The minimum Gasteiger partial charge on any atom is -0.459 e. The maximum absolute atomic E-state index is 11.4. The molecule has 19 heavy (non-hydrogen) atoms. The Hall–Kier alpha value is -2.44. The van der Waals surface area contributed by atoms with Crippen LogP contribution in [0.3, 0.4) is 0 Å². The van der Waals surface area contributed by atoms with E-state index < -0.39 is 5.97 Å². The first-order chi connectivity index (χ1) is 9.20. The Balaban J connectivity index is 2.04. The number of ether oxygens (including phenoxy) is 1. The standard InChI is InChI=1S/C12H14N4O3/c1-3-18-11(17)10-14-15-12(19-10)16(2)8-9-6-4-5-7-13-9/h4-7H,3,8H2,1-2H3. The van der Waals surface area contributed by atoms with Crippen LogP contribution in [-0.4, -0.2) is 34.8 Å². The van der Waals surface area contributed by atoms with E-state index in [0.29, 0.717) is 6.54 Å². The quantitative estimate of drug-likeness (QED) is 0.750. The van der Waals surface area contributed by atoms with Gasteiger partial charge in [-0.2, -0.15) is 0 Å². The van der Waals surface area contributed by atoms with Gasteiger partial charge < -0.3 is 14.1 Å². The summed E-state index contributed by atoms with van der Waals surface area (Å²) in [5.74, 6) is -0.766. The van der Waals surface area contributed by atoms with Crippen LogP contribution in [0.4, 0.5) is 6.01 Å². The molecule has 0 amide bonds. The second-order valence-corrected chi connectivity index (χ2v) is 3.79. The fourth-order valence-corrected chi connectivity index (χ4v) is 1.45. The van der Waals surface area contributed by atoms with Gasteiger partial charge in [0.15, 0.2) is 0 Å². The Bertz CT molecular complexity index is 541. The number of hydrogen-bond donors (Lipinski definition) is 0. The Morgan fingerprint density at radius 2 is 2.26 bits per heavy atom. The van der Waals surface area contributed by atoms with Gasteiger partial charge in [-0.25, -0.2) is 4.79 Å². The summed E-state index contributed by atoms with van der Waals surface area (Å²) in [6.07, 6.45) is 1.71. The summed E-state index contributed by atoms with van der Waals surface area (Å²) in [4.78, 5) is 17.3. The van der Waals surface area contributed by atoms with Gasteiger partial charge in [0.25, 0.3) is 0 Å². The molecule has 0 aliphatic rings. The van der Waals surface area contributed by atoms with Gasteiger partial charge in [-0.05, 0) is 19.1 Å². The molecule has 2 heterocycles. The van der Waals surface area contributed by atoms with Gasteiger partial charge in [-0.15, -0.1) is 0 Å². The highest BCUT2D eigenvalue weighted by molar-refractivity contribution is 5.84. The number of aromatic nitrogens is 3. The highest BCUT2D eigenvalue weighted by Gasteiger charge is 2.18. The Kier molecular flexibility index (Phi) is 4.07. The average Bonchev–Trinajstić information content (AvgIpc) is 2.90. The minimum absolute atomic E-state index is 0.148. The van der Waals surface area contributed by atoms with Crippen molar-refractivity contribution in [2.45, 2.75) is 13.5 Å². The van der Waals surface area contributed by atoms with Gasteiger partial charge in [-0.1, -0.05) is 16.3 Å². The summed E-state index contributed by atoms with van der Waals surface area (Å²) in [7, 11) is 1.77. The molecule has 7 heteroatoms. The van der Waals surface area contributed by atoms with Crippen molar-refractivity contribution < 1.29 is 13.9 Å². The van der Waals surface area contributed by atoms with Gasteiger partial charge in [0.2, 0.25) is 0 Å². The number of pyridine rings is 1. The van der Waals surface area contributed by atoms with Crippen LogP contribution >= 0.6 is 0 Å². The molecule has 7 nitrogen and oxygen atoms in total. The van der Waals surface area contributed by atoms with E-state index in [0.717, 1.165) is 5.69 Å². The van der Waals surface area contributed by atoms with E-state index in [9.17, 15) is 4.79 Å².